The van der Waals surface area contributed by atoms with Gasteiger partial charge in [0.1, 0.15) is 0 Å². The molecule has 2 nitrogen and oxygen atoms in total. The summed E-state index contributed by atoms with van der Waals surface area (Å²) in [6.45, 7) is 6.26. The summed E-state index contributed by atoms with van der Waals surface area (Å²) in [5, 5.41) is 3.43. The molecule has 0 saturated heterocycles. The lowest BCUT2D eigenvalue weighted by molar-refractivity contribution is 0.329. The van der Waals surface area contributed by atoms with E-state index in [0.29, 0.717) is 5.88 Å². The molecule has 1 heterocycles. The summed E-state index contributed by atoms with van der Waals surface area (Å²) in [7, 11) is 0. The zero-order valence-electron chi connectivity index (χ0n) is 9.76. The van der Waals surface area contributed by atoms with Crippen molar-refractivity contribution < 1.29 is 0 Å². The second-order valence-electron chi connectivity index (χ2n) is 4.72. The van der Waals surface area contributed by atoms with E-state index in [1.54, 1.807) is 6.20 Å². The topological polar surface area (TPSA) is 24.9 Å². The molecule has 0 saturated carbocycles. The van der Waals surface area contributed by atoms with Gasteiger partial charge in [0.2, 0.25) is 0 Å². The summed E-state index contributed by atoms with van der Waals surface area (Å²) in [6.07, 6.45) is 4.70. The third kappa shape index (κ3) is 5.28. The normalized spacial score (nSPS) is 11.8. The van der Waals surface area contributed by atoms with Gasteiger partial charge in [-0.25, -0.2) is 0 Å². The molecule has 0 unspecified atom stereocenters. The first-order valence-electron chi connectivity index (χ1n) is 5.40. The van der Waals surface area contributed by atoms with E-state index >= 15 is 0 Å². The number of halogens is 2. The highest BCUT2D eigenvalue weighted by molar-refractivity contribution is 9.10. The first-order valence-corrected chi connectivity index (χ1v) is 6.72. The Bertz CT molecular complexity index is 329. The maximum atomic E-state index is 5.76. The lowest BCUT2D eigenvalue weighted by Gasteiger charge is -2.23. The van der Waals surface area contributed by atoms with Gasteiger partial charge in [-0.1, -0.05) is 13.8 Å². The van der Waals surface area contributed by atoms with E-state index in [1.807, 2.05) is 6.20 Å². The third-order valence-corrected chi connectivity index (χ3v) is 3.09. The minimum absolute atomic E-state index is 0.251. The summed E-state index contributed by atoms with van der Waals surface area (Å²) >= 11 is 9.17. The van der Waals surface area contributed by atoms with Crippen LogP contribution in [0.15, 0.2) is 22.9 Å². The Morgan fingerprint density at radius 3 is 2.81 bits per heavy atom. The van der Waals surface area contributed by atoms with Gasteiger partial charge in [-0.15, -0.1) is 11.6 Å². The second-order valence-corrected chi connectivity index (χ2v) is 6.01. The highest BCUT2D eigenvalue weighted by Gasteiger charge is 2.15. The van der Waals surface area contributed by atoms with Gasteiger partial charge in [-0.05, 0) is 39.4 Å². The van der Waals surface area contributed by atoms with E-state index in [1.165, 1.54) is 5.56 Å². The van der Waals surface area contributed by atoms with Crippen LogP contribution in [0.2, 0.25) is 0 Å². The van der Waals surface area contributed by atoms with Crippen molar-refractivity contribution in [3.8, 4) is 0 Å². The molecule has 0 radical (unpaired) electrons. The number of nitrogens with one attached hydrogen (secondary N) is 1. The van der Waals surface area contributed by atoms with Gasteiger partial charge in [-0.3, -0.25) is 4.98 Å². The molecular weight excluding hydrogens is 288 g/mol. The lowest BCUT2D eigenvalue weighted by atomic mass is 9.90. The maximum Gasteiger partial charge on any atom is 0.0410 e. The summed E-state index contributed by atoms with van der Waals surface area (Å²) in [5.74, 6) is 0.715. The van der Waals surface area contributed by atoms with Gasteiger partial charge < -0.3 is 5.32 Å². The molecule has 1 N–H and O–H groups in total. The molecule has 0 aromatic carbocycles. The van der Waals surface area contributed by atoms with Gasteiger partial charge in [0.15, 0.2) is 0 Å². The molecule has 4 heteroatoms. The third-order valence-electron chi connectivity index (χ3n) is 2.47. The van der Waals surface area contributed by atoms with Crippen molar-refractivity contribution in [1.82, 2.24) is 10.3 Å². The molecule has 0 aliphatic carbocycles. The zero-order valence-corrected chi connectivity index (χ0v) is 12.1. The standard InChI is InChI=1S/C12H18BrClN2/c1-12(2,3-4-14)9-16-7-10-5-11(13)8-15-6-10/h5-6,8,16H,3-4,7,9H2,1-2H3. The highest BCUT2D eigenvalue weighted by Crippen LogP contribution is 2.19. The Morgan fingerprint density at radius 1 is 1.44 bits per heavy atom. The number of rotatable bonds is 6. The van der Waals surface area contributed by atoms with Crippen molar-refractivity contribution in [2.75, 3.05) is 12.4 Å². The average molecular weight is 306 g/mol. The molecule has 0 atom stereocenters. The van der Waals surface area contributed by atoms with Crippen LogP contribution < -0.4 is 5.32 Å². The Hall–Kier alpha value is -0.120. The van der Waals surface area contributed by atoms with Crippen LogP contribution in [0.1, 0.15) is 25.8 Å². The summed E-state index contributed by atoms with van der Waals surface area (Å²) in [6, 6.07) is 2.08. The maximum absolute atomic E-state index is 5.76. The Morgan fingerprint density at radius 2 is 2.19 bits per heavy atom. The fraction of sp³-hybridized carbons (Fsp3) is 0.583. The van der Waals surface area contributed by atoms with Crippen molar-refractivity contribution in [3.63, 3.8) is 0 Å². The van der Waals surface area contributed by atoms with Gasteiger partial charge in [0, 0.05) is 35.8 Å². The smallest absolute Gasteiger partial charge is 0.0410 e. The van der Waals surface area contributed by atoms with Crippen LogP contribution in [0.4, 0.5) is 0 Å². The molecule has 0 aliphatic heterocycles. The van der Waals surface area contributed by atoms with Crippen LogP contribution in [0.25, 0.3) is 0 Å². The van der Waals surface area contributed by atoms with Crippen LogP contribution in [-0.2, 0) is 6.54 Å². The molecule has 1 aromatic heterocycles. The van der Waals surface area contributed by atoms with Crippen LogP contribution in [-0.4, -0.2) is 17.4 Å². The SMILES string of the molecule is CC(C)(CCCl)CNCc1cncc(Br)c1. The van der Waals surface area contributed by atoms with Gasteiger partial charge in [-0.2, -0.15) is 0 Å². The van der Waals surface area contributed by atoms with Crippen molar-refractivity contribution in [2.24, 2.45) is 5.41 Å². The van der Waals surface area contributed by atoms with Gasteiger partial charge >= 0.3 is 0 Å². The molecule has 0 fully saturated rings. The van der Waals surface area contributed by atoms with Crippen LogP contribution >= 0.6 is 27.5 Å². The fourth-order valence-corrected chi connectivity index (χ4v) is 2.37. The molecule has 0 amide bonds. The van der Waals surface area contributed by atoms with Gasteiger partial charge in [0.05, 0.1) is 0 Å². The van der Waals surface area contributed by atoms with E-state index in [4.69, 9.17) is 11.6 Å². The average Bonchev–Trinajstić information content (AvgIpc) is 2.17. The Kier molecular flexibility index (Phi) is 5.73. The summed E-state index contributed by atoms with van der Waals surface area (Å²) in [4.78, 5) is 4.13. The molecule has 16 heavy (non-hydrogen) atoms. The molecule has 90 valence electrons. The minimum atomic E-state index is 0.251. The quantitative estimate of drug-likeness (QED) is 0.813. The van der Waals surface area contributed by atoms with E-state index < -0.39 is 0 Å². The molecule has 0 bridgehead atoms. The van der Waals surface area contributed by atoms with Crippen molar-refractivity contribution in [1.29, 1.82) is 0 Å². The molecule has 1 rings (SSSR count). The minimum Gasteiger partial charge on any atom is -0.312 e. The van der Waals surface area contributed by atoms with Crippen LogP contribution in [0.5, 0.6) is 0 Å². The summed E-state index contributed by atoms with van der Waals surface area (Å²) < 4.78 is 1.02. The predicted octanol–water partition coefficient (Wildman–Crippen LogP) is 3.59. The van der Waals surface area contributed by atoms with E-state index in [-0.39, 0.29) is 5.41 Å². The monoisotopic (exact) mass is 304 g/mol. The van der Waals surface area contributed by atoms with Crippen molar-refractivity contribution >= 4 is 27.5 Å². The van der Waals surface area contributed by atoms with Crippen molar-refractivity contribution in [3.05, 3.63) is 28.5 Å². The number of hydrogen-bond acceptors (Lipinski definition) is 2. The van der Waals surface area contributed by atoms with E-state index in [0.717, 1.165) is 24.0 Å². The number of hydrogen-bond donors (Lipinski definition) is 1. The van der Waals surface area contributed by atoms with Gasteiger partial charge in [0.25, 0.3) is 0 Å². The van der Waals surface area contributed by atoms with E-state index in [2.05, 4.69) is 46.1 Å². The highest BCUT2D eigenvalue weighted by atomic mass is 79.9. The molecule has 0 aliphatic rings. The predicted molar refractivity (Wildman–Crippen MR) is 72.8 cm³/mol. The lowest BCUT2D eigenvalue weighted by Crippen LogP contribution is -2.29. The second kappa shape index (κ2) is 6.58. The molecular formula is C12H18BrClN2. The van der Waals surface area contributed by atoms with Crippen LogP contribution in [0, 0.1) is 5.41 Å². The number of nitrogens with zero attached hydrogens (tertiary/aromatic N) is 1. The Labute approximate surface area is 111 Å². The summed E-state index contributed by atoms with van der Waals surface area (Å²) in [5.41, 5.74) is 1.44. The van der Waals surface area contributed by atoms with Crippen molar-refractivity contribution in [2.45, 2.75) is 26.8 Å². The first-order chi connectivity index (χ1) is 7.53. The van der Waals surface area contributed by atoms with Crippen LogP contribution in [0.3, 0.4) is 0 Å². The number of aromatic nitrogens is 1. The largest absolute Gasteiger partial charge is 0.312 e. The number of alkyl halides is 1. The number of pyridine rings is 1. The fourth-order valence-electron chi connectivity index (χ4n) is 1.44. The zero-order chi connectivity index (χ0) is 12.0. The first kappa shape index (κ1) is 13.9. The Balaban J connectivity index is 2.35. The molecule has 0 spiro atoms. The van der Waals surface area contributed by atoms with E-state index in [9.17, 15) is 0 Å². The molecule has 1 aromatic rings.